The van der Waals surface area contributed by atoms with Crippen molar-refractivity contribution in [3.8, 4) is 0 Å². The van der Waals surface area contributed by atoms with E-state index in [1.165, 1.54) is 30.4 Å². The Labute approximate surface area is 121 Å². The van der Waals surface area contributed by atoms with Crippen molar-refractivity contribution >= 4 is 0 Å². The lowest BCUT2D eigenvalue weighted by molar-refractivity contribution is -0.0705. The molecule has 1 aliphatic heterocycles. The fourth-order valence-corrected chi connectivity index (χ4v) is 3.34. The molecule has 0 saturated carbocycles. The van der Waals surface area contributed by atoms with Gasteiger partial charge in [0.15, 0.2) is 0 Å². The topological polar surface area (TPSA) is 30.5 Å². The molecule has 0 bridgehead atoms. The lowest BCUT2D eigenvalue weighted by atomic mass is 9.83. The molecule has 1 heterocycles. The molecule has 3 nitrogen and oxygen atoms in total. The van der Waals surface area contributed by atoms with E-state index in [1.807, 2.05) is 0 Å². The zero-order valence-electron chi connectivity index (χ0n) is 12.3. The van der Waals surface area contributed by atoms with E-state index in [1.54, 1.807) is 0 Å². The maximum absolute atomic E-state index is 5.95. The molecular weight excluding hydrogens is 250 g/mol. The molecule has 3 heteroatoms. The number of morpholine rings is 1. The summed E-state index contributed by atoms with van der Waals surface area (Å²) in [5.74, 6) is 0.564. The highest BCUT2D eigenvalue weighted by molar-refractivity contribution is 5.32. The molecule has 1 aromatic carbocycles. The molecule has 3 rings (SSSR count). The summed E-state index contributed by atoms with van der Waals surface area (Å²) >= 11 is 0. The van der Waals surface area contributed by atoms with Gasteiger partial charge in [0.05, 0.1) is 25.4 Å². The minimum absolute atomic E-state index is 0.206. The summed E-state index contributed by atoms with van der Waals surface area (Å²) in [5.41, 5.74) is 3.01. The Hall–Kier alpha value is -0.900. The molecule has 0 spiro atoms. The summed E-state index contributed by atoms with van der Waals surface area (Å²) < 4.78 is 11.8. The van der Waals surface area contributed by atoms with Gasteiger partial charge in [0.2, 0.25) is 0 Å². The first-order valence-electron chi connectivity index (χ1n) is 7.84. The summed E-state index contributed by atoms with van der Waals surface area (Å²) in [6, 6.07) is 8.82. The van der Waals surface area contributed by atoms with Gasteiger partial charge in [-0.15, -0.1) is 0 Å². The first kappa shape index (κ1) is 14.1. The molecule has 1 aliphatic carbocycles. The van der Waals surface area contributed by atoms with Crippen molar-refractivity contribution in [1.29, 1.82) is 0 Å². The first-order valence-corrected chi connectivity index (χ1v) is 7.84. The Bertz CT molecular complexity index is 435. The maximum Gasteiger partial charge on any atom is 0.0936 e. The van der Waals surface area contributed by atoms with E-state index in [4.69, 9.17) is 9.47 Å². The molecular formula is C17H25NO2. The standard InChI is InChI=1S/C17H25NO2/c1-13-9-18-10-16(20-13)12-19-11-15-7-4-6-14-5-2-3-8-17(14)15/h2-3,5,8,13,15-16,18H,4,6-7,9-12H2,1H3. The molecule has 0 radical (unpaired) electrons. The lowest BCUT2D eigenvalue weighted by Crippen LogP contribution is -2.45. The highest BCUT2D eigenvalue weighted by Gasteiger charge is 2.22. The van der Waals surface area contributed by atoms with Crippen LogP contribution in [0.15, 0.2) is 24.3 Å². The van der Waals surface area contributed by atoms with Crippen LogP contribution in [0.1, 0.15) is 36.8 Å². The monoisotopic (exact) mass is 275 g/mol. The predicted molar refractivity (Wildman–Crippen MR) is 80.1 cm³/mol. The average Bonchev–Trinajstić information content (AvgIpc) is 2.48. The third kappa shape index (κ3) is 3.40. The van der Waals surface area contributed by atoms with Gasteiger partial charge in [-0.25, -0.2) is 0 Å². The Balaban J connectivity index is 1.49. The van der Waals surface area contributed by atoms with Crippen LogP contribution in [0.3, 0.4) is 0 Å². The van der Waals surface area contributed by atoms with Crippen molar-refractivity contribution < 1.29 is 9.47 Å². The number of rotatable bonds is 4. The third-order valence-electron chi connectivity index (χ3n) is 4.34. The van der Waals surface area contributed by atoms with Crippen LogP contribution in [0.2, 0.25) is 0 Å². The molecule has 0 amide bonds. The maximum atomic E-state index is 5.95. The van der Waals surface area contributed by atoms with Crippen LogP contribution in [0.4, 0.5) is 0 Å². The molecule has 3 unspecified atom stereocenters. The second-order valence-electron chi connectivity index (χ2n) is 6.05. The van der Waals surface area contributed by atoms with Crippen molar-refractivity contribution in [2.75, 3.05) is 26.3 Å². The van der Waals surface area contributed by atoms with Gasteiger partial charge in [-0.3, -0.25) is 0 Å². The number of fused-ring (bicyclic) bond motifs is 1. The van der Waals surface area contributed by atoms with Gasteiger partial charge in [0.25, 0.3) is 0 Å². The second-order valence-corrected chi connectivity index (χ2v) is 6.05. The van der Waals surface area contributed by atoms with Gasteiger partial charge in [-0.05, 0) is 37.3 Å². The minimum atomic E-state index is 0.206. The molecule has 3 atom stereocenters. The van der Waals surface area contributed by atoms with E-state index in [2.05, 4.69) is 36.5 Å². The van der Waals surface area contributed by atoms with Crippen LogP contribution in [-0.4, -0.2) is 38.5 Å². The zero-order chi connectivity index (χ0) is 13.8. The average molecular weight is 275 g/mol. The zero-order valence-corrected chi connectivity index (χ0v) is 12.3. The molecule has 1 fully saturated rings. The number of ether oxygens (including phenoxy) is 2. The van der Waals surface area contributed by atoms with E-state index in [-0.39, 0.29) is 6.10 Å². The lowest BCUT2D eigenvalue weighted by Gasteiger charge is -2.30. The number of hydrogen-bond acceptors (Lipinski definition) is 3. The van der Waals surface area contributed by atoms with Gasteiger partial charge in [0.1, 0.15) is 0 Å². The van der Waals surface area contributed by atoms with E-state index in [9.17, 15) is 0 Å². The van der Waals surface area contributed by atoms with Gasteiger partial charge in [-0.2, -0.15) is 0 Å². The van der Waals surface area contributed by atoms with Crippen LogP contribution in [0.5, 0.6) is 0 Å². The quantitative estimate of drug-likeness (QED) is 0.916. The Morgan fingerprint density at radius 3 is 3.05 bits per heavy atom. The minimum Gasteiger partial charge on any atom is -0.378 e. The van der Waals surface area contributed by atoms with E-state index < -0.39 is 0 Å². The fourth-order valence-electron chi connectivity index (χ4n) is 3.34. The van der Waals surface area contributed by atoms with Gasteiger partial charge >= 0.3 is 0 Å². The Kier molecular flexibility index (Phi) is 4.71. The van der Waals surface area contributed by atoms with Gasteiger partial charge in [0, 0.05) is 19.0 Å². The van der Waals surface area contributed by atoms with Crippen LogP contribution in [-0.2, 0) is 15.9 Å². The molecule has 1 N–H and O–H groups in total. The van der Waals surface area contributed by atoms with Crippen LogP contribution >= 0.6 is 0 Å². The molecule has 0 aromatic heterocycles. The highest BCUT2D eigenvalue weighted by atomic mass is 16.5. The SMILES string of the molecule is CC1CNCC(COCC2CCCc3ccccc32)O1. The van der Waals surface area contributed by atoms with Crippen LogP contribution in [0.25, 0.3) is 0 Å². The molecule has 20 heavy (non-hydrogen) atoms. The van der Waals surface area contributed by atoms with E-state index in [0.717, 1.165) is 19.7 Å². The van der Waals surface area contributed by atoms with Gasteiger partial charge in [-0.1, -0.05) is 24.3 Å². The van der Waals surface area contributed by atoms with Crippen LogP contribution in [0, 0.1) is 0 Å². The first-order chi connectivity index (χ1) is 9.83. The Morgan fingerprint density at radius 2 is 2.15 bits per heavy atom. The number of hydrogen-bond donors (Lipinski definition) is 1. The number of aryl methyl sites for hydroxylation is 1. The highest BCUT2D eigenvalue weighted by Crippen LogP contribution is 2.31. The number of nitrogens with one attached hydrogen (secondary N) is 1. The number of benzene rings is 1. The summed E-state index contributed by atoms with van der Waals surface area (Å²) in [4.78, 5) is 0. The molecule has 2 aliphatic rings. The van der Waals surface area contributed by atoms with E-state index >= 15 is 0 Å². The van der Waals surface area contributed by atoms with Gasteiger partial charge < -0.3 is 14.8 Å². The summed E-state index contributed by atoms with van der Waals surface area (Å²) in [5, 5.41) is 3.38. The molecule has 110 valence electrons. The molecule has 1 aromatic rings. The van der Waals surface area contributed by atoms with E-state index in [0.29, 0.717) is 18.6 Å². The largest absolute Gasteiger partial charge is 0.378 e. The normalized spacial score (nSPS) is 29.9. The van der Waals surface area contributed by atoms with Crippen molar-refractivity contribution in [1.82, 2.24) is 5.32 Å². The third-order valence-corrected chi connectivity index (χ3v) is 4.34. The van der Waals surface area contributed by atoms with Crippen molar-refractivity contribution in [3.05, 3.63) is 35.4 Å². The van der Waals surface area contributed by atoms with Crippen LogP contribution < -0.4 is 5.32 Å². The van der Waals surface area contributed by atoms with Crippen molar-refractivity contribution in [2.45, 2.75) is 44.3 Å². The second kappa shape index (κ2) is 6.70. The predicted octanol–water partition coefficient (Wildman–Crippen LogP) is 2.50. The van der Waals surface area contributed by atoms with Crippen molar-refractivity contribution in [3.63, 3.8) is 0 Å². The fraction of sp³-hybridized carbons (Fsp3) is 0.647. The summed E-state index contributed by atoms with van der Waals surface area (Å²) in [7, 11) is 0. The summed E-state index contributed by atoms with van der Waals surface area (Å²) in [6.45, 7) is 5.50. The smallest absolute Gasteiger partial charge is 0.0936 e. The molecule has 1 saturated heterocycles. The summed E-state index contributed by atoms with van der Waals surface area (Å²) in [6.07, 6.45) is 4.26. The van der Waals surface area contributed by atoms with Crippen molar-refractivity contribution in [2.24, 2.45) is 0 Å². The Morgan fingerprint density at radius 1 is 1.25 bits per heavy atom.